The molecule has 8 heteroatoms. The second-order valence-corrected chi connectivity index (χ2v) is 6.96. The van der Waals surface area contributed by atoms with Crippen LogP contribution in [0.2, 0.25) is 0 Å². The number of benzene rings is 2. The van der Waals surface area contributed by atoms with Crippen molar-refractivity contribution in [1.29, 1.82) is 0 Å². The van der Waals surface area contributed by atoms with Crippen LogP contribution < -0.4 is 15.8 Å². The van der Waals surface area contributed by atoms with E-state index in [2.05, 4.69) is 10.6 Å². The highest BCUT2D eigenvalue weighted by Gasteiger charge is 2.09. The Balaban J connectivity index is 1.94. The summed E-state index contributed by atoms with van der Waals surface area (Å²) in [6, 6.07) is 12.7. The Labute approximate surface area is 146 Å². The Bertz CT molecular complexity index is 877. The molecule has 25 heavy (non-hydrogen) atoms. The molecule has 0 spiro atoms. The van der Waals surface area contributed by atoms with E-state index in [0.29, 0.717) is 17.7 Å². The van der Waals surface area contributed by atoms with Crippen molar-refractivity contribution in [3.05, 3.63) is 59.7 Å². The predicted octanol–water partition coefficient (Wildman–Crippen LogP) is 1.26. The number of sulfonamides is 1. The van der Waals surface area contributed by atoms with E-state index < -0.39 is 10.0 Å². The van der Waals surface area contributed by atoms with Gasteiger partial charge in [-0.05, 0) is 42.3 Å². The summed E-state index contributed by atoms with van der Waals surface area (Å²) in [4.78, 5) is 23.7. The molecule has 0 atom stereocenters. The van der Waals surface area contributed by atoms with Crippen molar-refractivity contribution in [1.82, 2.24) is 5.32 Å². The van der Waals surface area contributed by atoms with E-state index in [0.717, 1.165) is 5.56 Å². The molecule has 2 rings (SSSR count). The van der Waals surface area contributed by atoms with Gasteiger partial charge in [0.25, 0.3) is 5.91 Å². The first kappa shape index (κ1) is 18.6. The molecular weight excluding hydrogens is 342 g/mol. The van der Waals surface area contributed by atoms with Crippen LogP contribution in [0.1, 0.15) is 22.3 Å². The highest BCUT2D eigenvalue weighted by Crippen LogP contribution is 2.13. The summed E-state index contributed by atoms with van der Waals surface area (Å²) in [5, 5.41) is 10.3. The molecule has 0 radical (unpaired) electrons. The van der Waals surface area contributed by atoms with Gasteiger partial charge in [0.2, 0.25) is 15.9 Å². The number of nitrogens with two attached hydrogens (primary N) is 1. The van der Waals surface area contributed by atoms with Crippen molar-refractivity contribution >= 4 is 27.5 Å². The molecule has 2 aromatic carbocycles. The zero-order valence-corrected chi connectivity index (χ0v) is 14.5. The van der Waals surface area contributed by atoms with Gasteiger partial charge >= 0.3 is 0 Å². The fourth-order valence-corrected chi connectivity index (χ4v) is 2.73. The monoisotopic (exact) mass is 361 g/mol. The second kappa shape index (κ2) is 7.91. The lowest BCUT2D eigenvalue weighted by Gasteiger charge is -2.07. The van der Waals surface area contributed by atoms with Gasteiger partial charge in [0.15, 0.2) is 0 Å². The van der Waals surface area contributed by atoms with Crippen molar-refractivity contribution in [2.75, 3.05) is 12.4 Å². The average Bonchev–Trinajstić information content (AvgIpc) is 2.59. The first-order chi connectivity index (χ1) is 11.8. The Morgan fingerprint density at radius 1 is 1.08 bits per heavy atom. The average molecular weight is 361 g/mol. The quantitative estimate of drug-likeness (QED) is 0.718. The maximum Gasteiger partial charge on any atom is 0.251 e. The lowest BCUT2D eigenvalue weighted by molar-refractivity contribution is -0.116. The van der Waals surface area contributed by atoms with Gasteiger partial charge in [-0.2, -0.15) is 0 Å². The van der Waals surface area contributed by atoms with Crippen molar-refractivity contribution in [3.63, 3.8) is 0 Å². The van der Waals surface area contributed by atoms with Gasteiger partial charge in [-0.15, -0.1) is 0 Å². The van der Waals surface area contributed by atoms with Crippen LogP contribution in [-0.2, 0) is 21.2 Å². The van der Waals surface area contributed by atoms with Crippen LogP contribution in [0.4, 0.5) is 5.69 Å². The Hall–Kier alpha value is -2.71. The molecule has 132 valence electrons. The van der Waals surface area contributed by atoms with E-state index in [4.69, 9.17) is 5.14 Å². The third-order valence-corrected chi connectivity index (χ3v) is 4.46. The van der Waals surface area contributed by atoms with Gasteiger partial charge in [0, 0.05) is 24.7 Å². The van der Waals surface area contributed by atoms with Gasteiger partial charge in [0.05, 0.1) is 4.90 Å². The number of primary sulfonamides is 1. The topological polar surface area (TPSA) is 118 Å². The standard InChI is InChI=1S/C17H19N3O4S/c1-19-17(22)13-3-2-4-14(11-13)20-16(21)10-7-12-5-8-15(9-6-12)25(18,23)24/h2-6,8-9,11H,7,10H2,1H3,(H,19,22)(H,20,21)(H2,18,23,24). The van der Waals surface area contributed by atoms with Gasteiger partial charge < -0.3 is 10.6 Å². The molecule has 0 unspecified atom stereocenters. The summed E-state index contributed by atoms with van der Waals surface area (Å²) in [6.45, 7) is 0. The zero-order valence-electron chi connectivity index (χ0n) is 13.7. The summed E-state index contributed by atoms with van der Waals surface area (Å²) in [6.07, 6.45) is 0.671. The smallest absolute Gasteiger partial charge is 0.251 e. The predicted molar refractivity (Wildman–Crippen MR) is 94.6 cm³/mol. The molecule has 0 aliphatic rings. The SMILES string of the molecule is CNC(=O)c1cccc(NC(=O)CCc2ccc(S(N)(=O)=O)cc2)c1. The van der Waals surface area contributed by atoms with Crippen LogP contribution in [0.15, 0.2) is 53.4 Å². The molecule has 0 aromatic heterocycles. The van der Waals surface area contributed by atoms with E-state index in [1.165, 1.54) is 19.2 Å². The molecule has 0 aliphatic carbocycles. The van der Waals surface area contributed by atoms with Crippen LogP contribution in [0.5, 0.6) is 0 Å². The number of hydrogen-bond acceptors (Lipinski definition) is 4. The van der Waals surface area contributed by atoms with Crippen LogP contribution in [-0.4, -0.2) is 27.3 Å². The molecule has 4 N–H and O–H groups in total. The lowest BCUT2D eigenvalue weighted by atomic mass is 10.1. The molecule has 0 aliphatic heterocycles. The third-order valence-electron chi connectivity index (χ3n) is 3.53. The second-order valence-electron chi connectivity index (χ2n) is 5.40. The van der Waals surface area contributed by atoms with Crippen LogP contribution in [0.3, 0.4) is 0 Å². The maximum absolute atomic E-state index is 12.0. The minimum Gasteiger partial charge on any atom is -0.355 e. The Morgan fingerprint density at radius 2 is 1.76 bits per heavy atom. The molecule has 2 aromatic rings. The number of aryl methyl sites for hydroxylation is 1. The van der Waals surface area contributed by atoms with E-state index in [1.54, 1.807) is 36.4 Å². The number of anilines is 1. The first-order valence-corrected chi connectivity index (χ1v) is 9.08. The molecule has 7 nitrogen and oxygen atoms in total. The minimum absolute atomic E-state index is 0.0340. The van der Waals surface area contributed by atoms with Crippen LogP contribution >= 0.6 is 0 Å². The third kappa shape index (κ3) is 5.40. The first-order valence-electron chi connectivity index (χ1n) is 7.53. The number of amides is 2. The lowest BCUT2D eigenvalue weighted by Crippen LogP contribution is -2.18. The van der Waals surface area contributed by atoms with Crippen molar-refractivity contribution < 1.29 is 18.0 Å². The summed E-state index contributed by atoms with van der Waals surface area (Å²) in [5.41, 5.74) is 1.82. The van der Waals surface area contributed by atoms with Gasteiger partial charge in [0.1, 0.15) is 0 Å². The summed E-state index contributed by atoms with van der Waals surface area (Å²) >= 11 is 0. The Kier molecular flexibility index (Phi) is 5.89. The van der Waals surface area contributed by atoms with E-state index in [1.807, 2.05) is 0 Å². The number of rotatable bonds is 6. The Morgan fingerprint density at radius 3 is 2.36 bits per heavy atom. The van der Waals surface area contributed by atoms with Gasteiger partial charge in [-0.3, -0.25) is 9.59 Å². The van der Waals surface area contributed by atoms with Crippen molar-refractivity contribution in [2.24, 2.45) is 5.14 Å². The van der Waals surface area contributed by atoms with Crippen LogP contribution in [0, 0.1) is 0 Å². The van der Waals surface area contributed by atoms with Gasteiger partial charge in [-0.25, -0.2) is 13.6 Å². The molecule has 0 heterocycles. The number of nitrogens with one attached hydrogen (secondary N) is 2. The molecule has 0 saturated carbocycles. The minimum atomic E-state index is -3.72. The summed E-state index contributed by atoms with van der Waals surface area (Å²) in [7, 11) is -2.18. The number of carbonyl (C=O) groups excluding carboxylic acids is 2. The van der Waals surface area contributed by atoms with Crippen molar-refractivity contribution in [2.45, 2.75) is 17.7 Å². The van der Waals surface area contributed by atoms with E-state index in [9.17, 15) is 18.0 Å². The van der Waals surface area contributed by atoms with Crippen molar-refractivity contribution in [3.8, 4) is 0 Å². The molecule has 2 amide bonds. The van der Waals surface area contributed by atoms with Crippen LogP contribution in [0.25, 0.3) is 0 Å². The number of hydrogen-bond donors (Lipinski definition) is 3. The van der Waals surface area contributed by atoms with E-state index in [-0.39, 0.29) is 23.1 Å². The summed E-state index contributed by atoms with van der Waals surface area (Å²) < 4.78 is 22.4. The number of carbonyl (C=O) groups is 2. The fraction of sp³-hybridized carbons (Fsp3) is 0.176. The van der Waals surface area contributed by atoms with E-state index >= 15 is 0 Å². The molecule has 0 saturated heterocycles. The normalized spacial score (nSPS) is 11.0. The molecule has 0 bridgehead atoms. The van der Waals surface area contributed by atoms with Gasteiger partial charge in [-0.1, -0.05) is 18.2 Å². The highest BCUT2D eigenvalue weighted by atomic mass is 32.2. The molecule has 0 fully saturated rings. The maximum atomic E-state index is 12.0. The molecular formula is C17H19N3O4S. The zero-order chi connectivity index (χ0) is 18.4. The fourth-order valence-electron chi connectivity index (χ4n) is 2.21. The highest BCUT2D eigenvalue weighted by molar-refractivity contribution is 7.89. The largest absolute Gasteiger partial charge is 0.355 e. The summed E-state index contributed by atoms with van der Waals surface area (Å²) in [5.74, 6) is -0.435.